The smallest absolute Gasteiger partial charge is 0.318 e. The number of hydrogen-bond donors (Lipinski definition) is 2. The van der Waals surface area contributed by atoms with Gasteiger partial charge in [0.15, 0.2) is 5.78 Å². The molecule has 31 heavy (non-hydrogen) atoms. The van der Waals surface area contributed by atoms with Gasteiger partial charge in [-0.1, -0.05) is 6.07 Å². The lowest BCUT2D eigenvalue weighted by molar-refractivity contribution is 0.0988. The molecule has 8 nitrogen and oxygen atoms in total. The first-order valence-corrected chi connectivity index (χ1v) is 10.8. The molecule has 0 aliphatic heterocycles. The molecule has 0 fully saturated rings. The van der Waals surface area contributed by atoms with E-state index in [0.29, 0.717) is 36.8 Å². The number of amides is 2. The number of nitrogens with two attached hydrogens (primary N) is 1. The molecule has 0 aromatic carbocycles. The Morgan fingerprint density at radius 3 is 2.65 bits per heavy atom. The third kappa shape index (κ3) is 6.66. The number of nitrogens with one attached hydrogen (secondary N) is 1. The quantitative estimate of drug-likeness (QED) is 0.469. The maximum Gasteiger partial charge on any atom is 0.318 e. The number of thiophene rings is 1. The van der Waals surface area contributed by atoms with Crippen LogP contribution in [0.15, 0.2) is 51.9 Å². The van der Waals surface area contributed by atoms with Crippen molar-refractivity contribution in [2.75, 3.05) is 32.9 Å². The summed E-state index contributed by atoms with van der Waals surface area (Å²) in [5, 5.41) is 6.58. The summed E-state index contributed by atoms with van der Waals surface area (Å²) in [4.78, 5) is 33.2. The van der Waals surface area contributed by atoms with E-state index in [0.717, 1.165) is 17.7 Å². The number of aromatic nitrogens is 1. The number of nitrogen functional groups attached to an aromatic ring is 1. The summed E-state index contributed by atoms with van der Waals surface area (Å²) in [5.41, 5.74) is 8.55. The van der Waals surface area contributed by atoms with E-state index >= 15 is 0 Å². The van der Waals surface area contributed by atoms with Crippen LogP contribution in [0.25, 0.3) is 0 Å². The third-order valence-corrected chi connectivity index (χ3v) is 5.52. The monoisotopic (exact) mass is 441 g/mol. The fraction of sp³-hybridized carbons (Fsp3) is 0.318. The lowest BCUT2D eigenvalue weighted by atomic mass is 10.1. The van der Waals surface area contributed by atoms with E-state index < -0.39 is 0 Å². The Kier molecular flexibility index (Phi) is 7.80. The summed E-state index contributed by atoms with van der Waals surface area (Å²) >= 11 is 1.47. The van der Waals surface area contributed by atoms with Crippen LogP contribution in [-0.2, 0) is 19.5 Å². The molecule has 164 valence electrons. The Balaban J connectivity index is 1.61. The highest BCUT2D eigenvalue weighted by Crippen LogP contribution is 2.19. The number of likely N-dealkylation sites (N-methyl/N-ethyl adjacent to an activating group) is 1. The molecule has 0 unspecified atom stereocenters. The number of pyridine rings is 1. The van der Waals surface area contributed by atoms with Crippen molar-refractivity contribution in [3.05, 3.63) is 70.1 Å². The fourth-order valence-corrected chi connectivity index (χ4v) is 3.65. The van der Waals surface area contributed by atoms with Gasteiger partial charge in [-0.2, -0.15) is 0 Å². The van der Waals surface area contributed by atoms with Gasteiger partial charge >= 0.3 is 6.03 Å². The summed E-state index contributed by atoms with van der Waals surface area (Å²) < 4.78 is 5.27. The Bertz CT molecular complexity index is 983. The number of anilines is 1. The van der Waals surface area contributed by atoms with Crippen LogP contribution in [0.3, 0.4) is 0 Å². The number of hydrogen-bond acceptors (Lipinski definition) is 7. The number of ketones is 1. The van der Waals surface area contributed by atoms with Crippen LogP contribution in [0.1, 0.15) is 27.4 Å². The number of carbonyl (C=O) groups excluding carboxylic acids is 2. The highest BCUT2D eigenvalue weighted by molar-refractivity contribution is 7.08. The first-order valence-electron chi connectivity index (χ1n) is 9.91. The maximum atomic E-state index is 12.7. The zero-order chi connectivity index (χ0) is 22.2. The largest absolute Gasteiger partial charge is 0.467 e. The van der Waals surface area contributed by atoms with Crippen molar-refractivity contribution in [3.63, 3.8) is 0 Å². The summed E-state index contributed by atoms with van der Waals surface area (Å²) in [6, 6.07) is 6.94. The minimum Gasteiger partial charge on any atom is -0.467 e. The van der Waals surface area contributed by atoms with E-state index in [9.17, 15) is 9.59 Å². The summed E-state index contributed by atoms with van der Waals surface area (Å²) in [6.45, 7) is 1.98. The molecule has 3 rings (SSSR count). The lowest BCUT2D eigenvalue weighted by Crippen LogP contribution is -2.42. The average Bonchev–Trinajstić information content (AvgIpc) is 3.41. The number of urea groups is 1. The van der Waals surface area contributed by atoms with Crippen LogP contribution in [-0.4, -0.2) is 53.8 Å². The molecule has 3 N–H and O–H groups in total. The molecule has 2 amide bonds. The fourth-order valence-electron chi connectivity index (χ4n) is 2.90. The average molecular weight is 442 g/mol. The van der Waals surface area contributed by atoms with Crippen molar-refractivity contribution >= 4 is 28.8 Å². The second-order valence-electron chi connectivity index (χ2n) is 7.47. The Morgan fingerprint density at radius 2 is 2.03 bits per heavy atom. The highest BCUT2D eigenvalue weighted by Gasteiger charge is 2.16. The first kappa shape index (κ1) is 22.5. The minimum atomic E-state index is -0.189. The van der Waals surface area contributed by atoms with Crippen LogP contribution in [0, 0.1) is 0 Å². The van der Waals surface area contributed by atoms with Crippen molar-refractivity contribution in [2.45, 2.75) is 19.5 Å². The third-order valence-electron chi connectivity index (χ3n) is 4.71. The second kappa shape index (κ2) is 10.7. The molecule has 3 aromatic heterocycles. The molecular formula is C22H27N5O3S. The Morgan fingerprint density at radius 1 is 1.19 bits per heavy atom. The zero-order valence-corrected chi connectivity index (χ0v) is 18.5. The van der Waals surface area contributed by atoms with Crippen molar-refractivity contribution < 1.29 is 14.0 Å². The van der Waals surface area contributed by atoms with Gasteiger partial charge in [0, 0.05) is 43.3 Å². The van der Waals surface area contributed by atoms with Crippen LogP contribution in [0.5, 0.6) is 0 Å². The molecule has 3 aromatic rings. The van der Waals surface area contributed by atoms with Crippen LogP contribution in [0.4, 0.5) is 10.5 Å². The highest BCUT2D eigenvalue weighted by atomic mass is 32.1. The Hall–Kier alpha value is -3.17. The number of carbonyl (C=O) groups is 2. The zero-order valence-electron chi connectivity index (χ0n) is 17.7. The number of rotatable bonds is 10. The van der Waals surface area contributed by atoms with E-state index in [4.69, 9.17) is 10.2 Å². The van der Waals surface area contributed by atoms with E-state index in [2.05, 4.69) is 10.3 Å². The maximum absolute atomic E-state index is 12.7. The van der Waals surface area contributed by atoms with Gasteiger partial charge in [-0.25, -0.2) is 4.79 Å². The van der Waals surface area contributed by atoms with E-state index in [1.165, 1.54) is 11.3 Å². The van der Waals surface area contributed by atoms with Gasteiger partial charge < -0.3 is 25.3 Å². The standard InChI is InChI=1S/C22H27N5O3S/c1-26(2)7-8-27(22(29)25-12-18-4-3-9-30-18)13-16-5-6-20(24-11-16)21(28)10-17-14-31-15-19(17)23/h3-6,9,11,14-15H,7-8,10,12-13,23H2,1-2H3,(H,25,29). The van der Waals surface area contributed by atoms with Gasteiger partial charge in [-0.15, -0.1) is 11.3 Å². The van der Waals surface area contributed by atoms with E-state index in [-0.39, 0.29) is 18.2 Å². The molecule has 0 bridgehead atoms. The summed E-state index contributed by atoms with van der Waals surface area (Å²) in [5.74, 6) is 0.606. The Labute approximate surface area is 185 Å². The van der Waals surface area contributed by atoms with Crippen molar-refractivity contribution in [3.8, 4) is 0 Å². The molecule has 0 spiro atoms. The minimum absolute atomic E-state index is 0.0858. The number of furan rings is 1. The van der Waals surface area contributed by atoms with Crippen LogP contribution < -0.4 is 11.1 Å². The predicted molar refractivity (Wildman–Crippen MR) is 121 cm³/mol. The van der Waals surface area contributed by atoms with Crippen molar-refractivity contribution in [2.24, 2.45) is 0 Å². The molecule has 3 heterocycles. The van der Waals surface area contributed by atoms with Crippen LogP contribution in [0.2, 0.25) is 0 Å². The molecule has 0 atom stereocenters. The second-order valence-corrected chi connectivity index (χ2v) is 8.21. The summed E-state index contributed by atoms with van der Waals surface area (Å²) in [7, 11) is 3.92. The van der Waals surface area contributed by atoms with Gasteiger partial charge in [-0.3, -0.25) is 9.78 Å². The predicted octanol–water partition coefficient (Wildman–Crippen LogP) is 3.02. The molecule has 9 heteroatoms. The normalized spacial score (nSPS) is 10.9. The molecule has 0 radical (unpaired) electrons. The molecule has 0 aliphatic carbocycles. The number of Topliss-reactive ketones (excluding diaryl/α,β-unsaturated/α-hetero) is 1. The van der Waals surface area contributed by atoms with Gasteiger partial charge in [-0.05, 0) is 48.8 Å². The molecular weight excluding hydrogens is 414 g/mol. The first-order chi connectivity index (χ1) is 14.9. The van der Waals surface area contributed by atoms with Gasteiger partial charge in [0.25, 0.3) is 0 Å². The summed E-state index contributed by atoms with van der Waals surface area (Å²) in [6.07, 6.45) is 3.45. The van der Waals surface area contributed by atoms with E-state index in [1.54, 1.807) is 29.5 Å². The topological polar surface area (TPSA) is 105 Å². The number of nitrogens with zero attached hydrogens (tertiary/aromatic N) is 3. The van der Waals surface area contributed by atoms with Crippen LogP contribution >= 0.6 is 11.3 Å². The van der Waals surface area contributed by atoms with E-state index in [1.807, 2.05) is 41.9 Å². The van der Waals surface area contributed by atoms with Gasteiger partial charge in [0.05, 0.1) is 12.8 Å². The SMILES string of the molecule is CN(C)CCN(Cc1ccc(C(=O)Cc2cscc2N)nc1)C(=O)NCc1ccco1. The molecule has 0 saturated heterocycles. The lowest BCUT2D eigenvalue weighted by Gasteiger charge is -2.24. The van der Waals surface area contributed by atoms with Crippen molar-refractivity contribution in [1.29, 1.82) is 0 Å². The van der Waals surface area contributed by atoms with Gasteiger partial charge in [0.1, 0.15) is 11.5 Å². The molecule has 0 aliphatic rings. The molecule has 0 saturated carbocycles. The van der Waals surface area contributed by atoms with Crippen molar-refractivity contribution in [1.82, 2.24) is 20.1 Å². The van der Waals surface area contributed by atoms with Gasteiger partial charge in [0.2, 0.25) is 0 Å².